The predicted octanol–water partition coefficient (Wildman–Crippen LogP) is 4.30. The third kappa shape index (κ3) is 5.73. The number of nitrogens with one attached hydrogen (secondary N) is 1. The van der Waals surface area contributed by atoms with Crippen LogP contribution in [0.25, 0.3) is 0 Å². The maximum Gasteiger partial charge on any atom is 0.00673 e. The average Bonchev–Trinajstić information content (AvgIpc) is 2.62. The lowest BCUT2D eigenvalue weighted by Gasteiger charge is -2.38. The summed E-state index contributed by atoms with van der Waals surface area (Å²) in [6.45, 7) is 13.5. The van der Waals surface area contributed by atoms with Crippen LogP contribution in [-0.2, 0) is 0 Å². The van der Waals surface area contributed by atoms with Gasteiger partial charge in [0.15, 0.2) is 0 Å². The van der Waals surface area contributed by atoms with Crippen molar-refractivity contribution < 1.29 is 0 Å². The molecule has 5 heterocycles. The van der Waals surface area contributed by atoms with Crippen molar-refractivity contribution in [1.29, 1.82) is 0 Å². The van der Waals surface area contributed by atoms with Crippen LogP contribution in [0.4, 0.5) is 0 Å². The number of piperidine rings is 5. The fourth-order valence-corrected chi connectivity index (χ4v) is 3.77. The number of nitrogens with zero attached hydrogens (tertiary/aromatic N) is 1. The minimum atomic E-state index is 0.903. The minimum absolute atomic E-state index is 0.903. The Morgan fingerprint density at radius 3 is 1.25 bits per heavy atom. The van der Waals surface area contributed by atoms with Crippen LogP contribution in [0.15, 0.2) is 0 Å². The summed E-state index contributed by atoms with van der Waals surface area (Å²) >= 11 is 0. The van der Waals surface area contributed by atoms with Crippen molar-refractivity contribution in [3.63, 3.8) is 0 Å². The zero-order chi connectivity index (χ0) is 14.8. The van der Waals surface area contributed by atoms with E-state index in [1.807, 2.05) is 27.7 Å². The highest BCUT2D eigenvalue weighted by Crippen LogP contribution is 2.28. The Morgan fingerprint density at radius 1 is 0.650 bits per heavy atom. The van der Waals surface area contributed by atoms with Crippen molar-refractivity contribution in [1.82, 2.24) is 10.2 Å². The summed E-state index contributed by atoms with van der Waals surface area (Å²) in [5.41, 5.74) is 0. The highest BCUT2D eigenvalue weighted by atomic mass is 15.1. The van der Waals surface area contributed by atoms with E-state index in [1.54, 1.807) is 0 Å². The molecule has 6 aliphatic rings. The topological polar surface area (TPSA) is 15.3 Å². The van der Waals surface area contributed by atoms with Crippen LogP contribution >= 0.6 is 0 Å². The fourth-order valence-electron chi connectivity index (χ4n) is 3.77. The highest BCUT2D eigenvalue weighted by molar-refractivity contribution is 4.84. The van der Waals surface area contributed by atoms with Crippen LogP contribution in [0, 0.1) is 11.8 Å². The molecule has 0 amide bonds. The molecule has 6 fully saturated rings. The van der Waals surface area contributed by atoms with Gasteiger partial charge < -0.3 is 10.2 Å². The summed E-state index contributed by atoms with van der Waals surface area (Å²) in [7, 11) is 0. The van der Waals surface area contributed by atoms with E-state index < -0.39 is 0 Å². The Bertz CT molecular complexity index is 143. The molecule has 4 bridgehead atoms. The molecule has 5 aliphatic heterocycles. The molecule has 2 nitrogen and oxygen atoms in total. The zero-order valence-corrected chi connectivity index (χ0v) is 14.5. The first-order valence-corrected chi connectivity index (χ1v) is 9.36. The summed E-state index contributed by atoms with van der Waals surface area (Å²) in [6.07, 6.45) is 10.4. The normalized spacial score (nSPS) is 36.6. The van der Waals surface area contributed by atoms with Gasteiger partial charge in [-0.05, 0) is 83.0 Å². The van der Waals surface area contributed by atoms with Crippen molar-refractivity contribution in [2.75, 3.05) is 26.2 Å². The lowest BCUT2D eigenvalue weighted by atomic mass is 9.82. The third-order valence-electron chi connectivity index (χ3n) is 5.10. The van der Waals surface area contributed by atoms with Gasteiger partial charge in [0.2, 0.25) is 0 Å². The zero-order valence-electron chi connectivity index (χ0n) is 14.5. The van der Waals surface area contributed by atoms with Crippen LogP contribution in [0.5, 0.6) is 0 Å². The number of hydrogen-bond donors (Lipinski definition) is 1. The van der Waals surface area contributed by atoms with Gasteiger partial charge in [-0.25, -0.2) is 0 Å². The number of rotatable bonds is 0. The Balaban J connectivity index is 0.000000161. The standard InChI is InChI=1S/2C7H13N.2C2H6/c1-4-8-5-2-7(1)3-6-8;1-3-7-4-2-6(1)5-8-7;2*1-2/h7H,1-6H2;6-8H,1-5H2;2*1-2H3. The monoisotopic (exact) mass is 282 g/mol. The van der Waals surface area contributed by atoms with Crippen LogP contribution < -0.4 is 5.32 Å². The molecule has 20 heavy (non-hydrogen) atoms. The largest absolute Gasteiger partial charge is 0.314 e. The molecule has 2 heteroatoms. The molecular formula is C18H38N2. The maximum atomic E-state index is 3.52. The quantitative estimate of drug-likeness (QED) is 0.712. The molecule has 1 N–H and O–H groups in total. The second-order valence-electron chi connectivity index (χ2n) is 6.20. The number of fused-ring (bicyclic) bond motifs is 6. The summed E-state index contributed by atoms with van der Waals surface area (Å²) in [6, 6.07) is 0.903. The van der Waals surface area contributed by atoms with Gasteiger partial charge in [0.1, 0.15) is 0 Å². The van der Waals surface area contributed by atoms with Gasteiger partial charge in [-0.3, -0.25) is 0 Å². The molecule has 6 rings (SSSR count). The first kappa shape index (κ1) is 18.0. The second-order valence-corrected chi connectivity index (χ2v) is 6.20. The van der Waals surface area contributed by atoms with Gasteiger partial charge >= 0.3 is 0 Å². The summed E-state index contributed by atoms with van der Waals surface area (Å²) in [5.74, 6) is 2.15. The molecule has 1 aliphatic carbocycles. The van der Waals surface area contributed by atoms with Gasteiger partial charge in [0.05, 0.1) is 0 Å². The Kier molecular flexibility index (Phi) is 9.54. The van der Waals surface area contributed by atoms with Crippen molar-refractivity contribution in [3.05, 3.63) is 0 Å². The Labute approximate surface area is 127 Å². The fraction of sp³-hybridized carbons (Fsp3) is 1.00. The first-order chi connectivity index (χ1) is 9.90. The average molecular weight is 283 g/mol. The van der Waals surface area contributed by atoms with Crippen molar-refractivity contribution >= 4 is 0 Å². The molecule has 0 atom stereocenters. The van der Waals surface area contributed by atoms with Crippen LogP contribution in [0.2, 0.25) is 0 Å². The lowest BCUT2D eigenvalue weighted by molar-refractivity contribution is 0.111. The lowest BCUT2D eigenvalue weighted by Crippen LogP contribution is -2.44. The van der Waals surface area contributed by atoms with Gasteiger partial charge in [-0.15, -0.1) is 0 Å². The predicted molar refractivity (Wildman–Crippen MR) is 90.2 cm³/mol. The number of hydrogen-bond acceptors (Lipinski definition) is 2. The third-order valence-corrected chi connectivity index (χ3v) is 5.10. The Hall–Kier alpha value is -0.0800. The van der Waals surface area contributed by atoms with Crippen LogP contribution in [0.3, 0.4) is 0 Å². The Morgan fingerprint density at radius 2 is 1.15 bits per heavy atom. The molecule has 0 aromatic rings. The molecule has 0 unspecified atom stereocenters. The molecule has 0 aromatic carbocycles. The molecule has 0 spiro atoms. The van der Waals surface area contributed by atoms with Crippen LogP contribution in [0.1, 0.15) is 72.6 Å². The van der Waals surface area contributed by atoms with E-state index in [-0.39, 0.29) is 0 Å². The smallest absolute Gasteiger partial charge is 0.00673 e. The highest BCUT2D eigenvalue weighted by Gasteiger charge is 2.26. The molecule has 120 valence electrons. The van der Waals surface area contributed by atoms with E-state index in [2.05, 4.69) is 10.2 Å². The summed E-state index contributed by atoms with van der Waals surface area (Å²) < 4.78 is 0. The minimum Gasteiger partial charge on any atom is -0.314 e. The van der Waals surface area contributed by atoms with Crippen molar-refractivity contribution in [3.8, 4) is 0 Å². The van der Waals surface area contributed by atoms with E-state index in [0.717, 1.165) is 17.9 Å². The molecule has 0 aromatic heterocycles. The SMILES string of the molecule is C1CC2CCC1CN2.C1CN2CCC1CC2.CC.CC. The van der Waals surface area contributed by atoms with Gasteiger partial charge in [-0.2, -0.15) is 0 Å². The van der Waals surface area contributed by atoms with Crippen LogP contribution in [-0.4, -0.2) is 37.1 Å². The van der Waals surface area contributed by atoms with E-state index in [4.69, 9.17) is 0 Å². The summed E-state index contributed by atoms with van der Waals surface area (Å²) in [5, 5.41) is 3.52. The van der Waals surface area contributed by atoms with Gasteiger partial charge in [-0.1, -0.05) is 27.7 Å². The van der Waals surface area contributed by atoms with E-state index in [0.29, 0.717) is 0 Å². The van der Waals surface area contributed by atoms with Crippen molar-refractivity contribution in [2.24, 2.45) is 11.8 Å². The van der Waals surface area contributed by atoms with E-state index >= 15 is 0 Å². The first-order valence-electron chi connectivity index (χ1n) is 9.36. The molecular weight excluding hydrogens is 244 g/mol. The molecule has 0 radical (unpaired) electrons. The summed E-state index contributed by atoms with van der Waals surface area (Å²) in [4.78, 5) is 2.58. The van der Waals surface area contributed by atoms with Crippen molar-refractivity contribution in [2.45, 2.75) is 78.7 Å². The maximum absolute atomic E-state index is 3.52. The van der Waals surface area contributed by atoms with E-state index in [1.165, 1.54) is 71.1 Å². The van der Waals surface area contributed by atoms with Gasteiger partial charge in [0, 0.05) is 6.04 Å². The molecule has 5 saturated heterocycles. The van der Waals surface area contributed by atoms with Gasteiger partial charge in [0.25, 0.3) is 0 Å². The van der Waals surface area contributed by atoms with E-state index in [9.17, 15) is 0 Å². The molecule has 1 saturated carbocycles. The second kappa shape index (κ2) is 10.6.